The molecule has 0 unspecified atom stereocenters. The molecule has 6 heteroatoms. The Morgan fingerprint density at radius 1 is 1.57 bits per heavy atom. The lowest BCUT2D eigenvalue weighted by Crippen LogP contribution is -2.32. The van der Waals surface area contributed by atoms with Gasteiger partial charge in [-0.3, -0.25) is 4.18 Å². The maximum absolute atomic E-state index is 11.1. The van der Waals surface area contributed by atoms with E-state index >= 15 is 0 Å². The lowest BCUT2D eigenvalue weighted by molar-refractivity contribution is -0.188. The van der Waals surface area contributed by atoms with Gasteiger partial charge >= 0.3 is 0 Å². The van der Waals surface area contributed by atoms with Crippen LogP contribution in [-0.2, 0) is 23.8 Å². The third-order valence-corrected chi connectivity index (χ3v) is 2.96. The molecule has 0 aromatic rings. The molecule has 1 heterocycles. The Morgan fingerprint density at radius 2 is 2.21 bits per heavy atom. The maximum atomic E-state index is 11.1. The van der Waals surface area contributed by atoms with Crippen molar-refractivity contribution in [1.82, 2.24) is 0 Å². The van der Waals surface area contributed by atoms with Gasteiger partial charge < -0.3 is 9.47 Å². The monoisotopic (exact) mass is 222 g/mol. The normalized spacial score (nSPS) is 21.2. The Labute approximate surface area is 83.8 Å². The minimum Gasteiger partial charge on any atom is -0.470 e. The summed E-state index contributed by atoms with van der Waals surface area (Å²) in [6, 6.07) is 0. The summed E-state index contributed by atoms with van der Waals surface area (Å²) in [5.41, 5.74) is 0.547. The first kappa shape index (κ1) is 11.5. The Kier molecular flexibility index (Phi) is 3.18. The van der Waals surface area contributed by atoms with Crippen molar-refractivity contribution in [2.24, 2.45) is 0 Å². The standard InChI is InChI=1S/C8H14O5S/c1-8(2)12-4-7(5-13-8)6-14(9,10)11-3/h4H,5-6H2,1-3H3. The molecule has 1 rings (SSSR count). The van der Waals surface area contributed by atoms with Gasteiger partial charge in [-0.1, -0.05) is 0 Å². The zero-order valence-corrected chi connectivity index (χ0v) is 9.26. The van der Waals surface area contributed by atoms with Crippen molar-refractivity contribution in [2.45, 2.75) is 19.6 Å². The maximum Gasteiger partial charge on any atom is 0.271 e. The van der Waals surface area contributed by atoms with Gasteiger partial charge in [-0.05, 0) is 0 Å². The molecule has 82 valence electrons. The van der Waals surface area contributed by atoms with E-state index in [2.05, 4.69) is 4.18 Å². The van der Waals surface area contributed by atoms with Crippen molar-refractivity contribution < 1.29 is 22.1 Å². The molecule has 14 heavy (non-hydrogen) atoms. The molecule has 0 spiro atoms. The molecule has 0 aliphatic carbocycles. The van der Waals surface area contributed by atoms with Crippen molar-refractivity contribution >= 4 is 10.1 Å². The minimum atomic E-state index is -3.48. The lowest BCUT2D eigenvalue weighted by atomic mass is 10.3. The summed E-state index contributed by atoms with van der Waals surface area (Å²) in [4.78, 5) is 0. The molecule has 0 bridgehead atoms. The predicted octanol–water partition coefficient (Wildman–Crippen LogP) is 0.629. The van der Waals surface area contributed by atoms with E-state index in [0.29, 0.717) is 5.57 Å². The molecule has 0 saturated heterocycles. The highest BCUT2D eigenvalue weighted by Crippen LogP contribution is 2.20. The molecule has 0 amide bonds. The van der Waals surface area contributed by atoms with Gasteiger partial charge in [-0.25, -0.2) is 0 Å². The fourth-order valence-corrected chi connectivity index (χ4v) is 1.64. The van der Waals surface area contributed by atoms with Crippen LogP contribution in [0.2, 0.25) is 0 Å². The molecule has 0 N–H and O–H groups in total. The zero-order valence-electron chi connectivity index (χ0n) is 8.44. The largest absolute Gasteiger partial charge is 0.470 e. The van der Waals surface area contributed by atoms with E-state index in [-0.39, 0.29) is 12.4 Å². The summed E-state index contributed by atoms with van der Waals surface area (Å²) in [6.45, 7) is 3.76. The quantitative estimate of drug-likeness (QED) is 0.655. The van der Waals surface area contributed by atoms with Crippen molar-refractivity contribution in [3.63, 3.8) is 0 Å². The molecule has 0 aromatic carbocycles. The van der Waals surface area contributed by atoms with Crippen LogP contribution in [0, 0.1) is 0 Å². The van der Waals surface area contributed by atoms with Gasteiger partial charge in [-0.15, -0.1) is 0 Å². The predicted molar refractivity (Wildman–Crippen MR) is 50.0 cm³/mol. The van der Waals surface area contributed by atoms with E-state index in [1.807, 2.05) is 0 Å². The van der Waals surface area contributed by atoms with Gasteiger partial charge in [-0.2, -0.15) is 8.42 Å². The lowest BCUT2D eigenvalue weighted by Gasteiger charge is -2.29. The fourth-order valence-electron chi connectivity index (χ4n) is 0.921. The summed E-state index contributed by atoms with van der Waals surface area (Å²) in [5, 5.41) is 0. The van der Waals surface area contributed by atoms with Gasteiger partial charge in [0.1, 0.15) is 5.75 Å². The van der Waals surface area contributed by atoms with E-state index in [0.717, 1.165) is 7.11 Å². The number of rotatable bonds is 3. The van der Waals surface area contributed by atoms with E-state index in [1.165, 1.54) is 6.26 Å². The van der Waals surface area contributed by atoms with Crippen molar-refractivity contribution in [1.29, 1.82) is 0 Å². The van der Waals surface area contributed by atoms with Crippen molar-refractivity contribution in [2.75, 3.05) is 19.5 Å². The van der Waals surface area contributed by atoms with Crippen LogP contribution in [0.5, 0.6) is 0 Å². The zero-order chi connectivity index (χ0) is 10.8. The second-order valence-electron chi connectivity index (χ2n) is 3.45. The van der Waals surface area contributed by atoms with Gasteiger partial charge in [0.25, 0.3) is 10.1 Å². The third-order valence-electron chi connectivity index (χ3n) is 1.73. The average molecular weight is 222 g/mol. The highest BCUT2D eigenvalue weighted by atomic mass is 32.2. The highest BCUT2D eigenvalue weighted by molar-refractivity contribution is 7.86. The number of hydrogen-bond donors (Lipinski definition) is 0. The fraction of sp³-hybridized carbons (Fsp3) is 0.750. The summed E-state index contributed by atoms with van der Waals surface area (Å²) < 4.78 is 36.8. The molecular weight excluding hydrogens is 208 g/mol. The van der Waals surface area contributed by atoms with E-state index in [9.17, 15) is 8.42 Å². The first-order valence-corrected chi connectivity index (χ1v) is 5.70. The molecule has 0 fully saturated rings. The SMILES string of the molecule is COS(=O)(=O)CC1=COC(C)(C)OC1. The summed E-state index contributed by atoms with van der Waals surface area (Å²) in [6.07, 6.45) is 1.42. The second-order valence-corrected chi connectivity index (χ2v) is 5.19. The van der Waals surface area contributed by atoms with Gasteiger partial charge in [0, 0.05) is 19.4 Å². The minimum absolute atomic E-state index is 0.195. The topological polar surface area (TPSA) is 61.8 Å². The van der Waals surface area contributed by atoms with Gasteiger partial charge in [0.15, 0.2) is 0 Å². The van der Waals surface area contributed by atoms with E-state index < -0.39 is 15.9 Å². The Hall–Kier alpha value is -0.590. The van der Waals surface area contributed by atoms with Crippen molar-refractivity contribution in [3.05, 3.63) is 11.8 Å². The molecule has 1 aliphatic heterocycles. The Balaban J connectivity index is 2.62. The van der Waals surface area contributed by atoms with Crippen LogP contribution in [-0.4, -0.2) is 33.7 Å². The number of hydrogen-bond acceptors (Lipinski definition) is 5. The van der Waals surface area contributed by atoms with E-state index in [1.54, 1.807) is 13.8 Å². The first-order valence-electron chi connectivity index (χ1n) is 4.13. The van der Waals surface area contributed by atoms with Gasteiger partial charge in [0.2, 0.25) is 5.79 Å². The highest BCUT2D eigenvalue weighted by Gasteiger charge is 2.25. The Morgan fingerprint density at radius 3 is 2.64 bits per heavy atom. The van der Waals surface area contributed by atoms with Crippen LogP contribution in [0.25, 0.3) is 0 Å². The molecular formula is C8H14O5S. The molecule has 0 radical (unpaired) electrons. The number of ether oxygens (including phenoxy) is 2. The van der Waals surface area contributed by atoms with Crippen LogP contribution in [0.15, 0.2) is 11.8 Å². The summed E-state index contributed by atoms with van der Waals surface area (Å²) in [7, 11) is -2.36. The Bertz CT molecular complexity index is 328. The molecule has 0 saturated carbocycles. The van der Waals surface area contributed by atoms with Crippen molar-refractivity contribution in [3.8, 4) is 0 Å². The van der Waals surface area contributed by atoms with Crippen LogP contribution in [0.1, 0.15) is 13.8 Å². The first-order chi connectivity index (χ1) is 6.35. The summed E-state index contributed by atoms with van der Waals surface area (Å²) in [5.74, 6) is -0.875. The molecule has 1 aliphatic rings. The molecule has 0 atom stereocenters. The van der Waals surface area contributed by atoms with Gasteiger partial charge in [0.05, 0.1) is 20.0 Å². The van der Waals surface area contributed by atoms with Crippen LogP contribution >= 0.6 is 0 Å². The summed E-state index contributed by atoms with van der Waals surface area (Å²) >= 11 is 0. The second kappa shape index (κ2) is 3.88. The average Bonchev–Trinajstić information content (AvgIpc) is 2.09. The van der Waals surface area contributed by atoms with Crippen LogP contribution < -0.4 is 0 Å². The third kappa shape index (κ3) is 3.28. The molecule has 5 nitrogen and oxygen atoms in total. The van der Waals surface area contributed by atoms with Crippen LogP contribution in [0.4, 0.5) is 0 Å². The smallest absolute Gasteiger partial charge is 0.271 e. The molecule has 0 aromatic heterocycles. The van der Waals surface area contributed by atoms with Crippen LogP contribution in [0.3, 0.4) is 0 Å². The van der Waals surface area contributed by atoms with E-state index in [4.69, 9.17) is 9.47 Å².